The van der Waals surface area contributed by atoms with Crippen LogP contribution < -0.4 is 4.74 Å². The number of rotatable bonds is 16. The van der Waals surface area contributed by atoms with Crippen molar-refractivity contribution in [2.45, 2.75) is 36.3 Å². The highest BCUT2D eigenvalue weighted by atomic mass is 32.2. The molecular formula is C51H45N7O2S. The Bertz CT molecular complexity index is 2750. The molecule has 0 aliphatic carbocycles. The van der Waals surface area contributed by atoms with Gasteiger partial charge in [-0.3, -0.25) is 4.98 Å². The van der Waals surface area contributed by atoms with E-state index in [1.54, 1.807) is 18.9 Å². The predicted molar refractivity (Wildman–Crippen MR) is 243 cm³/mol. The normalized spacial score (nSPS) is 11.6. The molecule has 0 unspecified atom stereocenters. The van der Waals surface area contributed by atoms with E-state index < -0.39 is 5.54 Å². The average Bonchev–Trinajstić information content (AvgIpc) is 3.95. The minimum atomic E-state index is -0.858. The monoisotopic (exact) mass is 819 g/mol. The zero-order chi connectivity index (χ0) is 41.4. The van der Waals surface area contributed by atoms with Crippen molar-refractivity contribution >= 4 is 22.8 Å². The zero-order valence-corrected chi connectivity index (χ0v) is 35.0. The smallest absolute Gasteiger partial charge is 0.184 e. The number of para-hydroxylation sites is 2. The Labute approximate surface area is 360 Å². The van der Waals surface area contributed by atoms with Crippen molar-refractivity contribution in [1.29, 1.82) is 0 Å². The second-order valence-corrected chi connectivity index (χ2v) is 15.7. The highest BCUT2D eigenvalue weighted by Gasteiger charge is 2.42. The molecule has 9 nitrogen and oxygen atoms in total. The molecule has 3 aromatic heterocycles. The van der Waals surface area contributed by atoms with Crippen LogP contribution in [0, 0.1) is 6.92 Å². The van der Waals surface area contributed by atoms with Gasteiger partial charge in [0.15, 0.2) is 11.0 Å². The molecule has 0 saturated heterocycles. The van der Waals surface area contributed by atoms with Gasteiger partial charge in [-0.05, 0) is 68.9 Å². The van der Waals surface area contributed by atoms with Crippen molar-refractivity contribution in [3.63, 3.8) is 0 Å². The number of methoxy groups -OCH3 is 1. The minimum Gasteiger partial charge on any atom is -0.493 e. The van der Waals surface area contributed by atoms with E-state index in [0.29, 0.717) is 25.6 Å². The average molecular weight is 820 g/mol. The van der Waals surface area contributed by atoms with Gasteiger partial charge in [-0.15, -0.1) is 5.10 Å². The number of nitrogens with zero attached hydrogens (tertiary/aromatic N) is 7. The molecule has 9 aromatic rings. The van der Waals surface area contributed by atoms with Crippen LogP contribution >= 0.6 is 11.8 Å². The Morgan fingerprint density at radius 2 is 1.28 bits per heavy atom. The summed E-state index contributed by atoms with van der Waals surface area (Å²) in [5, 5.41) is 14.9. The molecule has 0 aliphatic heterocycles. The summed E-state index contributed by atoms with van der Waals surface area (Å²) in [6, 6.07) is 58.9. The molecule has 0 saturated carbocycles. The third kappa shape index (κ3) is 7.95. The molecule has 0 fully saturated rings. The highest BCUT2D eigenvalue weighted by molar-refractivity contribution is 7.98. The molecular weight excluding hydrogens is 775 g/mol. The number of ether oxygens (including phenoxy) is 2. The van der Waals surface area contributed by atoms with Gasteiger partial charge in [0.1, 0.15) is 11.3 Å². The number of hydrogen-bond acceptors (Lipinski definition) is 8. The maximum absolute atomic E-state index is 6.11. The Hall–Kier alpha value is -6.88. The molecule has 0 spiro atoms. The molecule has 0 atom stereocenters. The molecule has 0 N–H and O–H groups in total. The van der Waals surface area contributed by atoms with Gasteiger partial charge in [-0.2, -0.15) is 0 Å². The van der Waals surface area contributed by atoms with Crippen LogP contribution in [0.2, 0.25) is 0 Å². The van der Waals surface area contributed by atoms with Crippen molar-refractivity contribution in [2.24, 2.45) is 0 Å². The topological polar surface area (TPSA) is 92.8 Å². The fourth-order valence-corrected chi connectivity index (χ4v) is 9.04. The van der Waals surface area contributed by atoms with Gasteiger partial charge in [0.2, 0.25) is 0 Å². The van der Waals surface area contributed by atoms with Crippen molar-refractivity contribution in [3.8, 4) is 28.3 Å². The summed E-state index contributed by atoms with van der Waals surface area (Å²) < 4.78 is 15.6. The van der Waals surface area contributed by atoms with Gasteiger partial charge >= 0.3 is 0 Å². The first kappa shape index (κ1) is 39.6. The van der Waals surface area contributed by atoms with Crippen LogP contribution in [0.15, 0.2) is 181 Å². The number of benzene rings is 6. The Morgan fingerprint density at radius 3 is 1.95 bits per heavy atom. The lowest BCUT2D eigenvalue weighted by Crippen LogP contribution is -2.39. The SMILES string of the molecule is COCCCOc1ccnc(Cn2c(SCc3ccc(-c4ccccc4-c4nnnn4C(c4ccccc4)(c4ccccc4)c4ccccc4)cc3)nc3ccccc32)c1C. The van der Waals surface area contributed by atoms with E-state index in [9.17, 15) is 0 Å². The van der Waals surface area contributed by atoms with Crippen LogP contribution in [0.1, 0.15) is 39.9 Å². The molecule has 9 rings (SSSR count). The Morgan fingerprint density at radius 1 is 0.656 bits per heavy atom. The molecule has 302 valence electrons. The number of hydrogen-bond donors (Lipinski definition) is 0. The van der Waals surface area contributed by atoms with E-state index in [-0.39, 0.29) is 0 Å². The second kappa shape index (κ2) is 18.2. The molecule has 3 heterocycles. The van der Waals surface area contributed by atoms with Crippen LogP contribution in [0.25, 0.3) is 33.5 Å². The van der Waals surface area contributed by atoms with E-state index in [1.165, 1.54) is 5.56 Å². The largest absolute Gasteiger partial charge is 0.493 e. The van der Waals surface area contributed by atoms with Crippen molar-refractivity contribution in [1.82, 2.24) is 34.7 Å². The molecule has 0 bridgehead atoms. The standard InChI is InChI=1S/C51H45N7O2S/c1-37-46(52-32-31-48(37)60-34-16-33-59-2)35-57-47-26-15-14-25-45(47)53-50(57)61-36-38-27-29-39(30-28-38)43-23-12-13-24-44(43)49-54-55-56-58(49)51(40-17-6-3-7-18-40,41-19-8-4-9-20-41)42-21-10-5-11-22-42/h3-15,17-32H,16,33-36H2,1-2H3. The minimum absolute atomic E-state index is 0.583. The van der Waals surface area contributed by atoms with Crippen LogP contribution in [-0.4, -0.2) is 55.1 Å². The van der Waals surface area contributed by atoms with E-state index in [1.807, 2.05) is 47.3 Å². The molecule has 61 heavy (non-hydrogen) atoms. The number of aromatic nitrogens is 7. The highest BCUT2D eigenvalue weighted by Crippen LogP contribution is 2.43. The summed E-state index contributed by atoms with van der Waals surface area (Å²) in [6.07, 6.45) is 2.65. The van der Waals surface area contributed by atoms with Gasteiger partial charge in [0.25, 0.3) is 0 Å². The predicted octanol–water partition coefficient (Wildman–Crippen LogP) is 10.7. The van der Waals surface area contributed by atoms with E-state index in [4.69, 9.17) is 29.8 Å². The summed E-state index contributed by atoms with van der Waals surface area (Å²) in [5.41, 5.74) is 10.5. The maximum Gasteiger partial charge on any atom is 0.184 e. The number of tetrazole rings is 1. The van der Waals surface area contributed by atoms with Crippen molar-refractivity contribution in [3.05, 3.63) is 210 Å². The van der Waals surface area contributed by atoms with Crippen molar-refractivity contribution < 1.29 is 9.47 Å². The van der Waals surface area contributed by atoms with Crippen LogP contribution in [-0.2, 0) is 22.6 Å². The fourth-order valence-electron chi connectivity index (χ4n) is 8.07. The van der Waals surface area contributed by atoms with Gasteiger partial charge in [0.05, 0.1) is 29.9 Å². The third-order valence-electron chi connectivity index (χ3n) is 11.1. The van der Waals surface area contributed by atoms with Gasteiger partial charge in [0, 0.05) is 43.2 Å². The molecule has 0 amide bonds. The summed E-state index contributed by atoms with van der Waals surface area (Å²) in [4.78, 5) is 9.85. The fraction of sp³-hybridized carbons (Fsp3) is 0.157. The van der Waals surface area contributed by atoms with Crippen LogP contribution in [0.5, 0.6) is 5.75 Å². The van der Waals surface area contributed by atoms with Gasteiger partial charge < -0.3 is 14.0 Å². The Kier molecular flexibility index (Phi) is 11.8. The lowest BCUT2D eigenvalue weighted by Gasteiger charge is -2.36. The van der Waals surface area contributed by atoms with Crippen molar-refractivity contribution in [2.75, 3.05) is 20.3 Å². The van der Waals surface area contributed by atoms with E-state index in [2.05, 4.69) is 150 Å². The molecule has 0 radical (unpaired) electrons. The maximum atomic E-state index is 6.11. The lowest BCUT2D eigenvalue weighted by molar-refractivity contribution is 0.172. The van der Waals surface area contributed by atoms with Gasteiger partial charge in [-0.1, -0.05) is 163 Å². The summed E-state index contributed by atoms with van der Waals surface area (Å²) in [7, 11) is 1.71. The second-order valence-electron chi connectivity index (χ2n) is 14.8. The summed E-state index contributed by atoms with van der Waals surface area (Å²) in [5.74, 6) is 2.26. The summed E-state index contributed by atoms with van der Waals surface area (Å²) >= 11 is 1.72. The number of fused-ring (bicyclic) bond motifs is 1. The summed E-state index contributed by atoms with van der Waals surface area (Å²) in [6.45, 7) is 3.91. The molecule has 6 aromatic carbocycles. The van der Waals surface area contributed by atoms with Crippen LogP contribution in [0.4, 0.5) is 0 Å². The first-order valence-electron chi connectivity index (χ1n) is 20.4. The quantitative estimate of drug-likeness (QED) is 0.0541. The van der Waals surface area contributed by atoms with Gasteiger partial charge in [-0.25, -0.2) is 9.67 Å². The molecule has 0 aliphatic rings. The Balaban J connectivity index is 1.02. The number of thioether (sulfide) groups is 1. The number of imidazole rings is 1. The van der Waals surface area contributed by atoms with E-state index in [0.717, 1.165) is 78.8 Å². The lowest BCUT2D eigenvalue weighted by atomic mass is 9.77. The van der Waals surface area contributed by atoms with Crippen LogP contribution in [0.3, 0.4) is 0 Å². The van der Waals surface area contributed by atoms with E-state index >= 15 is 0 Å². The molecule has 10 heteroatoms. The zero-order valence-electron chi connectivity index (χ0n) is 34.1. The first-order valence-corrected chi connectivity index (χ1v) is 21.4. The number of pyridine rings is 1. The third-order valence-corrected chi connectivity index (χ3v) is 12.1. The first-order chi connectivity index (χ1) is 30.1.